The van der Waals surface area contributed by atoms with Gasteiger partial charge in [-0.05, 0) is 51.4 Å². The molecule has 0 aliphatic heterocycles. The molecule has 1 aromatic carbocycles. The van der Waals surface area contributed by atoms with E-state index in [0.717, 1.165) is 18.7 Å². The second kappa shape index (κ2) is 6.62. The largest absolute Gasteiger partial charge is 0.494 e. The highest BCUT2D eigenvalue weighted by Crippen LogP contribution is 2.12. The first kappa shape index (κ1) is 14.0. The molecule has 0 unspecified atom stereocenters. The summed E-state index contributed by atoms with van der Waals surface area (Å²) < 4.78 is 5.39. The molecule has 1 aromatic rings. The van der Waals surface area contributed by atoms with Gasteiger partial charge in [0.25, 0.3) is 0 Å². The summed E-state index contributed by atoms with van der Waals surface area (Å²) in [5.41, 5.74) is 1.07. The summed E-state index contributed by atoms with van der Waals surface area (Å²) in [6.07, 6.45) is 0.954. The van der Waals surface area contributed by atoms with Crippen LogP contribution in [0.1, 0.15) is 26.3 Å². The lowest BCUT2D eigenvalue weighted by Gasteiger charge is -2.23. The second-order valence-corrected chi connectivity index (χ2v) is 4.80. The highest BCUT2D eigenvalue weighted by molar-refractivity contribution is 5.27. The van der Waals surface area contributed by atoms with Crippen LogP contribution in [-0.4, -0.2) is 30.4 Å². The van der Waals surface area contributed by atoms with Gasteiger partial charge in [0.15, 0.2) is 0 Å². The number of ether oxygens (including phenoxy) is 1. The van der Waals surface area contributed by atoms with Gasteiger partial charge in [-0.3, -0.25) is 0 Å². The molecule has 0 saturated carbocycles. The Hall–Kier alpha value is -1.06. The summed E-state index contributed by atoms with van der Waals surface area (Å²) in [5, 5.41) is 12.4. The smallest absolute Gasteiger partial charge is 0.119 e. The van der Waals surface area contributed by atoms with Gasteiger partial charge >= 0.3 is 0 Å². The molecule has 3 nitrogen and oxygen atoms in total. The van der Waals surface area contributed by atoms with Gasteiger partial charge in [0.1, 0.15) is 5.75 Å². The lowest BCUT2D eigenvalue weighted by atomic mass is 10.1. The maximum Gasteiger partial charge on any atom is 0.119 e. The fourth-order valence-corrected chi connectivity index (χ4v) is 1.52. The van der Waals surface area contributed by atoms with E-state index in [0.29, 0.717) is 6.61 Å². The Morgan fingerprint density at radius 3 is 2.41 bits per heavy atom. The minimum absolute atomic E-state index is 0.149. The molecular weight excluding hydrogens is 214 g/mol. The van der Waals surface area contributed by atoms with Crippen molar-refractivity contribution in [2.24, 2.45) is 0 Å². The van der Waals surface area contributed by atoms with Gasteiger partial charge in [-0.1, -0.05) is 12.1 Å². The van der Waals surface area contributed by atoms with Crippen LogP contribution in [0.25, 0.3) is 0 Å². The predicted molar refractivity (Wildman–Crippen MR) is 70.5 cm³/mol. The van der Waals surface area contributed by atoms with Crippen LogP contribution in [0.15, 0.2) is 24.3 Å². The summed E-state index contributed by atoms with van der Waals surface area (Å²) in [5.74, 6) is 0.917. The van der Waals surface area contributed by atoms with Crippen LogP contribution in [0.2, 0.25) is 0 Å². The van der Waals surface area contributed by atoms with Crippen LogP contribution < -0.4 is 10.1 Å². The van der Waals surface area contributed by atoms with E-state index in [1.54, 1.807) is 0 Å². The van der Waals surface area contributed by atoms with Gasteiger partial charge in [0.2, 0.25) is 0 Å². The van der Waals surface area contributed by atoms with Crippen LogP contribution in [0, 0.1) is 0 Å². The quantitative estimate of drug-likeness (QED) is 0.762. The molecule has 0 aliphatic rings. The van der Waals surface area contributed by atoms with Gasteiger partial charge in [-0.15, -0.1) is 0 Å². The van der Waals surface area contributed by atoms with Gasteiger partial charge in [-0.2, -0.15) is 0 Å². The fourth-order valence-electron chi connectivity index (χ4n) is 1.52. The van der Waals surface area contributed by atoms with E-state index in [9.17, 15) is 0 Å². The second-order valence-electron chi connectivity index (χ2n) is 4.80. The Bertz CT molecular complexity index is 319. The topological polar surface area (TPSA) is 41.5 Å². The van der Waals surface area contributed by atoms with Crippen molar-refractivity contribution < 1.29 is 9.84 Å². The highest BCUT2D eigenvalue weighted by Gasteiger charge is 2.14. The Morgan fingerprint density at radius 1 is 1.24 bits per heavy atom. The van der Waals surface area contributed by atoms with Crippen molar-refractivity contribution in [1.82, 2.24) is 5.32 Å². The molecule has 0 aromatic heterocycles. The summed E-state index contributed by atoms with van der Waals surface area (Å²) >= 11 is 0. The predicted octanol–water partition coefficient (Wildman–Crippen LogP) is 1.99. The molecule has 0 radical (unpaired) electrons. The van der Waals surface area contributed by atoms with Gasteiger partial charge in [-0.25, -0.2) is 0 Å². The summed E-state index contributed by atoms with van der Waals surface area (Å²) in [7, 11) is 0. The maximum absolute atomic E-state index is 9.11. The molecule has 96 valence electrons. The van der Waals surface area contributed by atoms with Crippen LogP contribution in [-0.2, 0) is 6.42 Å². The lowest BCUT2D eigenvalue weighted by molar-refractivity contribution is 0.189. The number of hydrogen-bond donors (Lipinski definition) is 2. The number of rotatable bonds is 7. The number of hydrogen-bond acceptors (Lipinski definition) is 3. The molecular formula is C14H23NO2. The van der Waals surface area contributed by atoms with Crippen molar-refractivity contribution in [3.05, 3.63) is 29.8 Å². The van der Waals surface area contributed by atoms with Crippen LogP contribution in [0.3, 0.4) is 0 Å². The van der Waals surface area contributed by atoms with Crippen LogP contribution in [0.5, 0.6) is 5.75 Å². The van der Waals surface area contributed by atoms with Crippen LogP contribution in [0.4, 0.5) is 0 Å². The van der Waals surface area contributed by atoms with Crippen molar-refractivity contribution in [3.63, 3.8) is 0 Å². The molecule has 0 spiro atoms. The minimum atomic E-state index is -0.203. The summed E-state index contributed by atoms with van der Waals surface area (Å²) in [4.78, 5) is 0. The van der Waals surface area contributed by atoms with Gasteiger partial charge in [0, 0.05) is 5.54 Å². The standard InChI is InChI=1S/C14H23NO2/c1-4-17-13-7-5-12(6-8-13)9-10-15-14(2,3)11-16/h5-8,15-16H,4,9-11H2,1-3H3. The van der Waals surface area contributed by atoms with Crippen LogP contribution >= 0.6 is 0 Å². The molecule has 0 saturated heterocycles. The van der Waals surface area contributed by atoms with Crippen molar-refractivity contribution in [1.29, 1.82) is 0 Å². The molecule has 0 amide bonds. The monoisotopic (exact) mass is 237 g/mol. The molecule has 0 aliphatic carbocycles. The minimum Gasteiger partial charge on any atom is -0.494 e. The van der Waals surface area contributed by atoms with Crippen molar-refractivity contribution in [3.8, 4) is 5.75 Å². The molecule has 2 N–H and O–H groups in total. The average Bonchev–Trinajstić information content (AvgIpc) is 2.32. The first-order chi connectivity index (χ1) is 8.07. The average molecular weight is 237 g/mol. The van der Waals surface area contributed by atoms with E-state index in [4.69, 9.17) is 9.84 Å². The Morgan fingerprint density at radius 2 is 1.88 bits per heavy atom. The Kier molecular flexibility index (Phi) is 5.45. The van der Waals surface area contributed by atoms with Gasteiger partial charge in [0.05, 0.1) is 13.2 Å². The molecule has 0 atom stereocenters. The van der Waals surface area contributed by atoms with E-state index in [2.05, 4.69) is 17.4 Å². The number of benzene rings is 1. The molecule has 3 heteroatoms. The number of nitrogens with one attached hydrogen (secondary N) is 1. The third-order valence-electron chi connectivity index (χ3n) is 2.65. The zero-order chi connectivity index (χ0) is 12.7. The third-order valence-corrected chi connectivity index (χ3v) is 2.65. The first-order valence-electron chi connectivity index (χ1n) is 6.15. The van der Waals surface area contributed by atoms with E-state index in [1.807, 2.05) is 32.9 Å². The zero-order valence-electron chi connectivity index (χ0n) is 11.0. The zero-order valence-corrected chi connectivity index (χ0v) is 11.0. The van der Waals surface area contributed by atoms with E-state index >= 15 is 0 Å². The van der Waals surface area contributed by atoms with Crippen molar-refractivity contribution in [2.75, 3.05) is 19.8 Å². The molecule has 0 bridgehead atoms. The SMILES string of the molecule is CCOc1ccc(CCNC(C)(C)CO)cc1. The van der Waals surface area contributed by atoms with Crippen molar-refractivity contribution >= 4 is 0 Å². The highest BCUT2D eigenvalue weighted by atomic mass is 16.5. The maximum atomic E-state index is 9.11. The third kappa shape index (κ3) is 5.20. The summed E-state index contributed by atoms with van der Waals surface area (Å²) in [6.45, 7) is 7.68. The number of aliphatic hydroxyl groups is 1. The molecule has 0 fully saturated rings. The molecule has 1 rings (SSSR count). The van der Waals surface area contributed by atoms with Gasteiger partial charge < -0.3 is 15.2 Å². The normalized spacial score (nSPS) is 11.5. The molecule has 17 heavy (non-hydrogen) atoms. The Balaban J connectivity index is 2.37. The van der Waals surface area contributed by atoms with Crippen molar-refractivity contribution in [2.45, 2.75) is 32.7 Å². The fraction of sp³-hybridized carbons (Fsp3) is 0.571. The van der Waals surface area contributed by atoms with E-state index in [1.165, 1.54) is 5.56 Å². The van der Waals surface area contributed by atoms with E-state index < -0.39 is 0 Å². The lowest BCUT2D eigenvalue weighted by Crippen LogP contribution is -2.43. The Labute approximate surface area is 104 Å². The van der Waals surface area contributed by atoms with E-state index in [-0.39, 0.29) is 12.1 Å². The molecule has 0 heterocycles. The summed E-state index contributed by atoms with van der Waals surface area (Å²) in [6, 6.07) is 8.16. The first-order valence-corrected chi connectivity index (χ1v) is 6.15. The number of aliphatic hydroxyl groups excluding tert-OH is 1.